The van der Waals surface area contributed by atoms with Gasteiger partial charge < -0.3 is 16.2 Å². The minimum Gasteiger partial charge on any atom is -0.481 e. The number of carboxylic acids is 1. The molecule has 4 N–H and O–H groups in total. The van der Waals surface area contributed by atoms with Crippen LogP contribution in [0.2, 0.25) is 0 Å². The van der Waals surface area contributed by atoms with Crippen molar-refractivity contribution in [3.05, 3.63) is 35.9 Å². The summed E-state index contributed by atoms with van der Waals surface area (Å²) in [6.07, 6.45) is -0.104. The van der Waals surface area contributed by atoms with Crippen LogP contribution in [0.5, 0.6) is 0 Å². The monoisotopic (exact) mass is 222 g/mol. The normalized spacial score (nSPS) is 11.8. The average molecular weight is 222 g/mol. The molecule has 0 aliphatic carbocycles. The zero-order chi connectivity index (χ0) is 12.0. The van der Waals surface area contributed by atoms with Gasteiger partial charge in [0.15, 0.2) is 0 Å². The summed E-state index contributed by atoms with van der Waals surface area (Å²) in [5.41, 5.74) is 6.40. The summed E-state index contributed by atoms with van der Waals surface area (Å²) < 4.78 is 0. The molecule has 1 rings (SSSR count). The Bertz CT molecular complexity index is 365. The van der Waals surface area contributed by atoms with Crippen LogP contribution < -0.4 is 11.1 Å². The lowest BCUT2D eigenvalue weighted by Gasteiger charge is -2.11. The van der Waals surface area contributed by atoms with E-state index in [0.717, 1.165) is 0 Å². The quantitative estimate of drug-likeness (QED) is 0.667. The third-order valence-electron chi connectivity index (χ3n) is 2.08. The van der Waals surface area contributed by atoms with Gasteiger partial charge in [-0.1, -0.05) is 30.3 Å². The molecule has 0 fully saturated rings. The van der Waals surface area contributed by atoms with Crippen LogP contribution in [-0.4, -0.2) is 23.5 Å². The predicted octanol–water partition coefficient (Wildman–Crippen LogP) is 0.277. The van der Waals surface area contributed by atoms with E-state index in [2.05, 4.69) is 5.32 Å². The van der Waals surface area contributed by atoms with Gasteiger partial charge in [-0.15, -0.1) is 0 Å². The van der Waals surface area contributed by atoms with Gasteiger partial charge in [-0.25, -0.2) is 0 Å². The number of hydrogen-bond acceptors (Lipinski definition) is 3. The lowest BCUT2D eigenvalue weighted by molar-refractivity contribution is -0.136. The van der Waals surface area contributed by atoms with Crippen molar-refractivity contribution >= 4 is 11.9 Å². The molecule has 0 saturated carbocycles. The topological polar surface area (TPSA) is 92.4 Å². The van der Waals surface area contributed by atoms with Crippen molar-refractivity contribution in [2.24, 2.45) is 5.73 Å². The van der Waals surface area contributed by atoms with Crippen LogP contribution in [0, 0.1) is 0 Å². The Morgan fingerprint density at radius 1 is 1.31 bits per heavy atom. The summed E-state index contributed by atoms with van der Waals surface area (Å²) in [5, 5.41) is 10.9. The summed E-state index contributed by atoms with van der Waals surface area (Å²) in [6, 6.07) is 8.16. The van der Waals surface area contributed by atoms with E-state index in [1.807, 2.05) is 6.07 Å². The second-order valence-electron chi connectivity index (χ2n) is 3.32. The van der Waals surface area contributed by atoms with E-state index >= 15 is 0 Å². The minimum atomic E-state index is -0.950. The molecule has 1 atom stereocenters. The van der Waals surface area contributed by atoms with Gasteiger partial charge in [0, 0.05) is 6.54 Å². The van der Waals surface area contributed by atoms with Crippen LogP contribution in [0.25, 0.3) is 0 Å². The van der Waals surface area contributed by atoms with E-state index in [1.54, 1.807) is 24.3 Å². The molecule has 16 heavy (non-hydrogen) atoms. The van der Waals surface area contributed by atoms with Gasteiger partial charge in [0.1, 0.15) is 6.04 Å². The van der Waals surface area contributed by atoms with Crippen LogP contribution in [0.4, 0.5) is 0 Å². The first-order valence-electron chi connectivity index (χ1n) is 4.91. The molecule has 5 nitrogen and oxygen atoms in total. The molecular weight excluding hydrogens is 208 g/mol. The molecule has 0 heterocycles. The molecule has 1 aromatic rings. The molecule has 0 spiro atoms. The van der Waals surface area contributed by atoms with Crippen LogP contribution in [0.3, 0.4) is 0 Å². The number of amides is 1. The number of rotatable bonds is 5. The summed E-state index contributed by atoms with van der Waals surface area (Å²) in [5.74, 6) is -1.32. The van der Waals surface area contributed by atoms with Crippen LogP contribution in [0.1, 0.15) is 18.0 Å². The molecule has 5 heteroatoms. The number of carbonyl (C=O) groups is 2. The molecule has 0 aliphatic heterocycles. The van der Waals surface area contributed by atoms with Crippen molar-refractivity contribution in [1.82, 2.24) is 5.32 Å². The third kappa shape index (κ3) is 3.70. The Balaban J connectivity index is 2.45. The molecule has 0 bridgehead atoms. The fourth-order valence-electron chi connectivity index (χ4n) is 1.21. The van der Waals surface area contributed by atoms with Gasteiger partial charge in [-0.2, -0.15) is 0 Å². The molecule has 86 valence electrons. The summed E-state index contributed by atoms with van der Waals surface area (Å²) in [4.78, 5) is 21.7. The zero-order valence-corrected chi connectivity index (χ0v) is 8.72. The fraction of sp³-hybridized carbons (Fsp3) is 0.273. The third-order valence-corrected chi connectivity index (χ3v) is 2.08. The van der Waals surface area contributed by atoms with Gasteiger partial charge in [0.2, 0.25) is 5.91 Å². The van der Waals surface area contributed by atoms with Crippen LogP contribution in [-0.2, 0) is 9.59 Å². The van der Waals surface area contributed by atoms with E-state index in [4.69, 9.17) is 10.8 Å². The Labute approximate surface area is 93.3 Å². The maximum absolute atomic E-state index is 11.5. The molecule has 0 aromatic heterocycles. The van der Waals surface area contributed by atoms with Crippen molar-refractivity contribution in [1.29, 1.82) is 0 Å². The minimum absolute atomic E-state index is 0.0920. The zero-order valence-electron chi connectivity index (χ0n) is 8.72. The van der Waals surface area contributed by atoms with E-state index in [0.29, 0.717) is 5.56 Å². The Morgan fingerprint density at radius 3 is 2.50 bits per heavy atom. The SMILES string of the molecule is N[C@H](C(=O)NCCC(=O)O)c1ccccc1. The van der Waals surface area contributed by atoms with Crippen molar-refractivity contribution in [2.45, 2.75) is 12.5 Å². The molecule has 1 aromatic carbocycles. The number of nitrogens with one attached hydrogen (secondary N) is 1. The second-order valence-corrected chi connectivity index (χ2v) is 3.32. The highest BCUT2D eigenvalue weighted by Crippen LogP contribution is 2.08. The van der Waals surface area contributed by atoms with Crippen LogP contribution >= 0.6 is 0 Å². The standard InChI is InChI=1S/C11H14N2O3/c12-10(8-4-2-1-3-5-8)11(16)13-7-6-9(14)15/h1-5,10H,6-7,12H2,(H,13,16)(H,14,15)/t10-/m0/s1. The van der Waals surface area contributed by atoms with E-state index in [-0.39, 0.29) is 18.9 Å². The molecule has 0 unspecified atom stereocenters. The van der Waals surface area contributed by atoms with Crippen LogP contribution in [0.15, 0.2) is 30.3 Å². The smallest absolute Gasteiger partial charge is 0.305 e. The highest BCUT2D eigenvalue weighted by molar-refractivity contribution is 5.83. The summed E-state index contributed by atoms with van der Waals surface area (Å²) in [6.45, 7) is 0.0920. The maximum atomic E-state index is 11.5. The number of nitrogens with two attached hydrogens (primary N) is 1. The lowest BCUT2D eigenvalue weighted by Crippen LogP contribution is -2.35. The number of aliphatic carboxylic acids is 1. The van der Waals surface area contributed by atoms with Gasteiger partial charge >= 0.3 is 5.97 Å². The molecule has 0 aliphatic rings. The van der Waals surface area contributed by atoms with E-state index in [9.17, 15) is 9.59 Å². The van der Waals surface area contributed by atoms with Gasteiger partial charge in [0.25, 0.3) is 0 Å². The molecule has 0 saturated heterocycles. The largest absolute Gasteiger partial charge is 0.481 e. The average Bonchev–Trinajstić information content (AvgIpc) is 2.28. The van der Waals surface area contributed by atoms with Crippen molar-refractivity contribution in [3.63, 3.8) is 0 Å². The predicted molar refractivity (Wildman–Crippen MR) is 58.6 cm³/mol. The second kappa shape index (κ2) is 5.87. The first kappa shape index (κ1) is 12.2. The van der Waals surface area contributed by atoms with Crippen molar-refractivity contribution in [3.8, 4) is 0 Å². The number of carboxylic acid groups (broad SMARTS) is 1. The first-order chi connectivity index (χ1) is 7.61. The Hall–Kier alpha value is -1.88. The summed E-state index contributed by atoms with van der Waals surface area (Å²) in [7, 11) is 0. The van der Waals surface area contributed by atoms with Crippen molar-refractivity contribution < 1.29 is 14.7 Å². The first-order valence-corrected chi connectivity index (χ1v) is 4.91. The molecule has 0 radical (unpaired) electrons. The molecule has 1 amide bonds. The number of carbonyl (C=O) groups excluding carboxylic acids is 1. The van der Waals surface area contributed by atoms with Gasteiger partial charge in [0.05, 0.1) is 6.42 Å². The highest BCUT2D eigenvalue weighted by Gasteiger charge is 2.14. The van der Waals surface area contributed by atoms with Crippen molar-refractivity contribution in [2.75, 3.05) is 6.54 Å². The Morgan fingerprint density at radius 2 is 1.94 bits per heavy atom. The van der Waals surface area contributed by atoms with E-state index < -0.39 is 12.0 Å². The molecular formula is C11H14N2O3. The summed E-state index contributed by atoms with van der Waals surface area (Å²) >= 11 is 0. The van der Waals surface area contributed by atoms with E-state index in [1.165, 1.54) is 0 Å². The fourth-order valence-corrected chi connectivity index (χ4v) is 1.21. The maximum Gasteiger partial charge on any atom is 0.305 e. The van der Waals surface area contributed by atoms with Gasteiger partial charge in [-0.3, -0.25) is 9.59 Å². The lowest BCUT2D eigenvalue weighted by atomic mass is 10.1. The number of benzene rings is 1. The Kier molecular flexibility index (Phi) is 4.47. The van der Waals surface area contributed by atoms with Gasteiger partial charge in [-0.05, 0) is 5.56 Å². The highest BCUT2D eigenvalue weighted by atomic mass is 16.4. The number of hydrogen-bond donors (Lipinski definition) is 3.